The van der Waals surface area contributed by atoms with Crippen LogP contribution in [-0.4, -0.2) is 22.6 Å². The zero-order chi connectivity index (χ0) is 13.6. The first kappa shape index (κ1) is 13.1. The molecule has 20 heavy (non-hydrogen) atoms. The van der Waals surface area contributed by atoms with Crippen molar-refractivity contribution in [1.82, 2.24) is 15.3 Å². The smallest absolute Gasteiger partial charge is 0.126 e. The van der Waals surface area contributed by atoms with Gasteiger partial charge < -0.3 is 10.1 Å². The molecule has 0 aliphatic heterocycles. The summed E-state index contributed by atoms with van der Waals surface area (Å²) >= 11 is 0. The highest BCUT2D eigenvalue weighted by atomic mass is 16.5. The number of nitrogens with zero attached hydrogens (tertiary/aromatic N) is 2. The van der Waals surface area contributed by atoms with E-state index in [2.05, 4.69) is 15.3 Å². The molecule has 1 aliphatic carbocycles. The molecule has 1 aliphatic rings. The summed E-state index contributed by atoms with van der Waals surface area (Å²) < 4.78 is 5.87. The summed E-state index contributed by atoms with van der Waals surface area (Å²) in [5.74, 6) is 0.920. The largest absolute Gasteiger partial charge is 0.493 e. The molecule has 2 aromatic rings. The maximum atomic E-state index is 5.87. The van der Waals surface area contributed by atoms with Gasteiger partial charge in [0.05, 0.1) is 6.61 Å². The third kappa shape index (κ3) is 3.78. The number of hydrogen-bond donors (Lipinski definition) is 1. The summed E-state index contributed by atoms with van der Waals surface area (Å²) in [5.41, 5.74) is 2.18. The molecule has 1 N–H and O–H groups in total. The summed E-state index contributed by atoms with van der Waals surface area (Å²) in [4.78, 5) is 8.47. The topological polar surface area (TPSA) is 47.0 Å². The van der Waals surface area contributed by atoms with Gasteiger partial charge in [0.15, 0.2) is 0 Å². The van der Waals surface area contributed by atoms with Crippen LogP contribution in [0.2, 0.25) is 0 Å². The normalized spacial score (nSPS) is 14.2. The fourth-order valence-corrected chi connectivity index (χ4v) is 2.04. The van der Waals surface area contributed by atoms with Crippen LogP contribution in [-0.2, 0) is 13.0 Å². The van der Waals surface area contributed by atoms with Gasteiger partial charge in [0.1, 0.15) is 5.75 Å². The van der Waals surface area contributed by atoms with Crippen molar-refractivity contribution in [2.45, 2.75) is 31.8 Å². The second kappa shape index (κ2) is 6.48. The second-order valence-corrected chi connectivity index (χ2v) is 5.06. The summed E-state index contributed by atoms with van der Waals surface area (Å²) in [5, 5.41) is 3.49. The average molecular weight is 269 g/mol. The van der Waals surface area contributed by atoms with Gasteiger partial charge >= 0.3 is 0 Å². The Bertz CT molecular complexity index is 540. The van der Waals surface area contributed by atoms with E-state index in [1.807, 2.05) is 36.7 Å². The molecule has 4 nitrogen and oxygen atoms in total. The van der Waals surface area contributed by atoms with Crippen LogP contribution >= 0.6 is 0 Å². The van der Waals surface area contributed by atoms with E-state index in [0.717, 1.165) is 30.0 Å². The SMILES string of the molecule is c1ccc(CCOc2ccncc2CNC2CC2)nc1. The lowest BCUT2D eigenvalue weighted by Gasteiger charge is -2.11. The van der Waals surface area contributed by atoms with E-state index >= 15 is 0 Å². The molecule has 0 radical (unpaired) electrons. The summed E-state index contributed by atoms with van der Waals surface area (Å²) in [6.45, 7) is 1.47. The molecular weight excluding hydrogens is 250 g/mol. The Morgan fingerprint density at radius 1 is 1.20 bits per heavy atom. The maximum absolute atomic E-state index is 5.87. The van der Waals surface area contributed by atoms with Crippen molar-refractivity contribution in [2.24, 2.45) is 0 Å². The van der Waals surface area contributed by atoms with Crippen molar-refractivity contribution in [3.63, 3.8) is 0 Å². The zero-order valence-electron chi connectivity index (χ0n) is 11.5. The molecule has 104 valence electrons. The van der Waals surface area contributed by atoms with E-state index in [4.69, 9.17) is 4.74 Å². The number of hydrogen-bond acceptors (Lipinski definition) is 4. The molecule has 0 spiro atoms. The second-order valence-electron chi connectivity index (χ2n) is 5.06. The maximum Gasteiger partial charge on any atom is 0.126 e. The zero-order valence-corrected chi connectivity index (χ0v) is 11.5. The van der Waals surface area contributed by atoms with Gasteiger partial charge in [-0.25, -0.2) is 0 Å². The molecule has 4 heteroatoms. The van der Waals surface area contributed by atoms with Crippen LogP contribution in [0.25, 0.3) is 0 Å². The van der Waals surface area contributed by atoms with Crippen LogP contribution in [0.5, 0.6) is 5.75 Å². The Labute approximate surface area is 119 Å². The van der Waals surface area contributed by atoms with E-state index in [1.165, 1.54) is 12.8 Å². The molecule has 1 saturated carbocycles. The van der Waals surface area contributed by atoms with Gasteiger partial charge in [-0.3, -0.25) is 9.97 Å². The molecule has 3 rings (SSSR count). The average Bonchev–Trinajstić information content (AvgIpc) is 3.32. The Kier molecular flexibility index (Phi) is 4.23. The molecule has 0 atom stereocenters. The van der Waals surface area contributed by atoms with Crippen LogP contribution in [0.3, 0.4) is 0 Å². The Morgan fingerprint density at radius 2 is 2.15 bits per heavy atom. The fraction of sp³-hybridized carbons (Fsp3) is 0.375. The van der Waals surface area contributed by atoms with Crippen molar-refractivity contribution in [1.29, 1.82) is 0 Å². The monoisotopic (exact) mass is 269 g/mol. The number of rotatable bonds is 7. The molecule has 0 unspecified atom stereocenters. The van der Waals surface area contributed by atoms with Crippen LogP contribution in [0, 0.1) is 0 Å². The van der Waals surface area contributed by atoms with Crippen molar-refractivity contribution in [3.05, 3.63) is 54.1 Å². The van der Waals surface area contributed by atoms with Crippen molar-refractivity contribution >= 4 is 0 Å². The molecule has 1 fully saturated rings. The minimum absolute atomic E-state index is 0.636. The van der Waals surface area contributed by atoms with E-state index in [-0.39, 0.29) is 0 Å². The Hall–Kier alpha value is -1.94. The highest BCUT2D eigenvalue weighted by Gasteiger charge is 2.20. The molecular formula is C16H19N3O. The lowest BCUT2D eigenvalue weighted by atomic mass is 10.2. The first-order valence-electron chi connectivity index (χ1n) is 7.11. The summed E-state index contributed by atoms with van der Waals surface area (Å²) in [7, 11) is 0. The Balaban J connectivity index is 1.53. The highest BCUT2D eigenvalue weighted by molar-refractivity contribution is 5.30. The number of ether oxygens (including phenoxy) is 1. The summed E-state index contributed by atoms with van der Waals surface area (Å²) in [6, 6.07) is 8.57. The predicted molar refractivity (Wildman–Crippen MR) is 77.5 cm³/mol. The summed E-state index contributed by atoms with van der Waals surface area (Å²) in [6.07, 6.45) is 8.86. The molecule has 0 bridgehead atoms. The van der Waals surface area contributed by atoms with E-state index in [0.29, 0.717) is 12.6 Å². The number of pyridine rings is 2. The highest BCUT2D eigenvalue weighted by Crippen LogP contribution is 2.22. The number of nitrogens with one attached hydrogen (secondary N) is 1. The van der Waals surface area contributed by atoms with Gasteiger partial charge in [-0.05, 0) is 31.0 Å². The van der Waals surface area contributed by atoms with Gasteiger partial charge in [-0.15, -0.1) is 0 Å². The lowest BCUT2D eigenvalue weighted by Crippen LogP contribution is -2.16. The first-order valence-corrected chi connectivity index (χ1v) is 7.11. The lowest BCUT2D eigenvalue weighted by molar-refractivity contribution is 0.316. The first-order chi connectivity index (χ1) is 9.92. The van der Waals surface area contributed by atoms with Crippen LogP contribution < -0.4 is 10.1 Å². The van der Waals surface area contributed by atoms with Crippen molar-refractivity contribution < 1.29 is 4.74 Å². The van der Waals surface area contributed by atoms with Gasteiger partial charge in [0.2, 0.25) is 0 Å². The standard InChI is InChI=1S/C16H19N3O/c1-2-8-18-14(3-1)7-10-20-16-6-9-17-11-13(16)12-19-15-4-5-15/h1-3,6,8-9,11,15,19H,4-5,7,10,12H2. The third-order valence-electron chi connectivity index (χ3n) is 3.36. The minimum Gasteiger partial charge on any atom is -0.493 e. The molecule has 0 amide bonds. The fourth-order valence-electron chi connectivity index (χ4n) is 2.04. The van der Waals surface area contributed by atoms with Gasteiger partial charge in [0.25, 0.3) is 0 Å². The molecule has 2 heterocycles. The molecule has 2 aromatic heterocycles. The predicted octanol–water partition coefficient (Wildman–Crippen LogP) is 2.35. The Morgan fingerprint density at radius 3 is 2.95 bits per heavy atom. The van der Waals surface area contributed by atoms with Gasteiger partial charge in [0, 0.05) is 48.9 Å². The van der Waals surface area contributed by atoms with E-state index in [9.17, 15) is 0 Å². The minimum atomic E-state index is 0.636. The van der Waals surface area contributed by atoms with Crippen LogP contribution in [0.15, 0.2) is 42.9 Å². The van der Waals surface area contributed by atoms with Gasteiger partial charge in [-0.2, -0.15) is 0 Å². The van der Waals surface area contributed by atoms with Crippen LogP contribution in [0.1, 0.15) is 24.1 Å². The molecule has 0 saturated heterocycles. The third-order valence-corrected chi connectivity index (χ3v) is 3.36. The van der Waals surface area contributed by atoms with E-state index in [1.54, 1.807) is 6.20 Å². The van der Waals surface area contributed by atoms with Gasteiger partial charge in [-0.1, -0.05) is 6.07 Å². The molecule has 0 aromatic carbocycles. The van der Waals surface area contributed by atoms with Crippen molar-refractivity contribution in [2.75, 3.05) is 6.61 Å². The quantitative estimate of drug-likeness (QED) is 0.838. The number of aromatic nitrogens is 2. The van der Waals surface area contributed by atoms with E-state index < -0.39 is 0 Å². The van der Waals surface area contributed by atoms with Crippen LogP contribution in [0.4, 0.5) is 0 Å². The van der Waals surface area contributed by atoms with Crippen molar-refractivity contribution in [3.8, 4) is 5.75 Å².